The van der Waals surface area contributed by atoms with Gasteiger partial charge in [-0.3, -0.25) is 0 Å². The van der Waals surface area contributed by atoms with Gasteiger partial charge in [-0.15, -0.1) is 0 Å². The summed E-state index contributed by atoms with van der Waals surface area (Å²) in [7, 11) is -3.29. The van der Waals surface area contributed by atoms with Gasteiger partial charge < -0.3 is 15.6 Å². The van der Waals surface area contributed by atoms with Gasteiger partial charge in [-0.1, -0.05) is 0 Å². The molecule has 7 heteroatoms. The standard InChI is InChI=1S/C12H16FNO4S/c1-7(14)9-4-8(13)2-3-11(9)18-12-6-19(16,17)5-10(12)15/h2-4,7,10,12,15H,5-6,14H2,1H3/t7-,10?,12?/m0/s1. The molecule has 1 saturated heterocycles. The number of aliphatic hydroxyl groups is 1. The normalized spacial score (nSPS) is 27.2. The van der Waals surface area contributed by atoms with Crippen molar-refractivity contribution in [1.82, 2.24) is 0 Å². The summed E-state index contributed by atoms with van der Waals surface area (Å²) in [6, 6.07) is 3.39. The molecule has 3 N–H and O–H groups in total. The van der Waals surface area contributed by atoms with Crippen LogP contribution in [-0.2, 0) is 9.84 Å². The van der Waals surface area contributed by atoms with Gasteiger partial charge in [0.15, 0.2) is 9.84 Å². The smallest absolute Gasteiger partial charge is 0.156 e. The van der Waals surface area contributed by atoms with E-state index in [4.69, 9.17) is 10.5 Å². The largest absolute Gasteiger partial charge is 0.486 e. The summed E-state index contributed by atoms with van der Waals surface area (Å²) in [6.45, 7) is 1.67. The molecule has 5 nitrogen and oxygen atoms in total. The topological polar surface area (TPSA) is 89.6 Å². The zero-order chi connectivity index (χ0) is 14.2. The molecule has 106 valence electrons. The first-order valence-electron chi connectivity index (χ1n) is 5.88. The zero-order valence-corrected chi connectivity index (χ0v) is 11.2. The highest BCUT2D eigenvalue weighted by Gasteiger charge is 2.38. The summed E-state index contributed by atoms with van der Waals surface area (Å²) in [5.41, 5.74) is 6.16. The predicted molar refractivity (Wildman–Crippen MR) is 68.1 cm³/mol. The molecule has 0 aliphatic carbocycles. The molecule has 3 atom stereocenters. The first-order valence-corrected chi connectivity index (χ1v) is 7.71. The van der Waals surface area contributed by atoms with Crippen molar-refractivity contribution in [2.24, 2.45) is 5.73 Å². The number of hydrogen-bond acceptors (Lipinski definition) is 5. The minimum absolute atomic E-state index is 0.246. The number of halogens is 1. The van der Waals surface area contributed by atoms with Gasteiger partial charge in [0.05, 0.1) is 11.5 Å². The Hall–Kier alpha value is -1.18. The molecule has 0 spiro atoms. The molecular weight excluding hydrogens is 273 g/mol. The van der Waals surface area contributed by atoms with Gasteiger partial charge in [0.1, 0.15) is 23.8 Å². The zero-order valence-electron chi connectivity index (χ0n) is 10.4. The fourth-order valence-corrected chi connectivity index (χ4v) is 3.72. The van der Waals surface area contributed by atoms with Crippen LogP contribution in [0.4, 0.5) is 4.39 Å². The van der Waals surface area contributed by atoms with Gasteiger partial charge in [-0.05, 0) is 25.1 Å². The third-order valence-electron chi connectivity index (χ3n) is 3.01. The summed E-state index contributed by atoms with van der Waals surface area (Å²) >= 11 is 0. The van der Waals surface area contributed by atoms with E-state index in [-0.39, 0.29) is 11.5 Å². The van der Waals surface area contributed by atoms with Crippen LogP contribution < -0.4 is 10.5 Å². The summed E-state index contributed by atoms with van der Waals surface area (Å²) in [4.78, 5) is 0. The van der Waals surface area contributed by atoms with Gasteiger partial charge in [0, 0.05) is 11.6 Å². The number of aliphatic hydroxyl groups excluding tert-OH is 1. The van der Waals surface area contributed by atoms with Crippen molar-refractivity contribution in [3.63, 3.8) is 0 Å². The van der Waals surface area contributed by atoms with Crippen LogP contribution in [0, 0.1) is 5.82 Å². The highest BCUT2D eigenvalue weighted by Crippen LogP contribution is 2.28. The maximum Gasteiger partial charge on any atom is 0.156 e. The minimum atomic E-state index is -3.29. The number of nitrogens with two attached hydrogens (primary N) is 1. The monoisotopic (exact) mass is 289 g/mol. The lowest BCUT2D eigenvalue weighted by molar-refractivity contribution is 0.0729. The third kappa shape index (κ3) is 3.23. The molecule has 0 aromatic heterocycles. The SMILES string of the molecule is C[C@H](N)c1cc(F)ccc1OC1CS(=O)(=O)CC1O. The average Bonchev–Trinajstić information content (AvgIpc) is 2.54. The van der Waals surface area contributed by atoms with Crippen LogP contribution in [0.25, 0.3) is 0 Å². The van der Waals surface area contributed by atoms with E-state index in [9.17, 15) is 17.9 Å². The minimum Gasteiger partial charge on any atom is -0.486 e. The van der Waals surface area contributed by atoms with Gasteiger partial charge in [-0.25, -0.2) is 12.8 Å². The Morgan fingerprint density at radius 1 is 1.47 bits per heavy atom. The Kier molecular flexibility index (Phi) is 3.80. The van der Waals surface area contributed by atoms with Crippen LogP contribution in [0.5, 0.6) is 5.75 Å². The first-order chi connectivity index (χ1) is 8.78. The first kappa shape index (κ1) is 14.2. The predicted octanol–water partition coefficient (Wildman–Crippen LogP) is 0.382. The lowest BCUT2D eigenvalue weighted by Gasteiger charge is -2.19. The Bertz CT molecular complexity index is 573. The second-order valence-electron chi connectivity index (χ2n) is 4.77. The van der Waals surface area contributed by atoms with E-state index in [1.165, 1.54) is 18.2 Å². The second-order valence-corrected chi connectivity index (χ2v) is 6.93. The van der Waals surface area contributed by atoms with Crippen molar-refractivity contribution in [3.05, 3.63) is 29.6 Å². The van der Waals surface area contributed by atoms with E-state index < -0.39 is 33.9 Å². The molecule has 19 heavy (non-hydrogen) atoms. The molecule has 0 saturated carbocycles. The molecular formula is C12H16FNO4S. The molecule has 0 amide bonds. The highest BCUT2D eigenvalue weighted by molar-refractivity contribution is 7.91. The van der Waals surface area contributed by atoms with Crippen molar-refractivity contribution < 1.29 is 22.7 Å². The van der Waals surface area contributed by atoms with Gasteiger partial charge in [0.2, 0.25) is 0 Å². The molecule has 1 aliphatic heterocycles. The van der Waals surface area contributed by atoms with Crippen LogP contribution in [0.3, 0.4) is 0 Å². The Morgan fingerprint density at radius 3 is 2.68 bits per heavy atom. The molecule has 1 aromatic rings. The molecule has 1 aliphatic rings. The maximum atomic E-state index is 13.2. The van der Waals surface area contributed by atoms with E-state index >= 15 is 0 Å². The van der Waals surface area contributed by atoms with E-state index in [0.29, 0.717) is 11.3 Å². The molecule has 1 aromatic carbocycles. The van der Waals surface area contributed by atoms with E-state index in [1.54, 1.807) is 6.92 Å². The van der Waals surface area contributed by atoms with Crippen molar-refractivity contribution in [2.75, 3.05) is 11.5 Å². The van der Waals surface area contributed by atoms with Gasteiger partial charge in [-0.2, -0.15) is 0 Å². The summed E-state index contributed by atoms with van der Waals surface area (Å²) in [5.74, 6) is -0.701. The molecule has 1 fully saturated rings. The van der Waals surface area contributed by atoms with Crippen LogP contribution >= 0.6 is 0 Å². The average molecular weight is 289 g/mol. The van der Waals surface area contributed by atoms with E-state index in [2.05, 4.69) is 0 Å². The Balaban J connectivity index is 2.25. The highest BCUT2D eigenvalue weighted by atomic mass is 32.2. The van der Waals surface area contributed by atoms with Crippen LogP contribution in [-0.4, -0.2) is 37.2 Å². The Morgan fingerprint density at radius 2 is 2.16 bits per heavy atom. The van der Waals surface area contributed by atoms with Gasteiger partial charge in [0.25, 0.3) is 0 Å². The van der Waals surface area contributed by atoms with Crippen LogP contribution in [0.15, 0.2) is 18.2 Å². The quantitative estimate of drug-likeness (QED) is 0.840. The molecule has 0 radical (unpaired) electrons. The molecule has 2 rings (SSSR count). The number of benzene rings is 1. The number of ether oxygens (including phenoxy) is 1. The van der Waals surface area contributed by atoms with Gasteiger partial charge >= 0.3 is 0 Å². The lowest BCUT2D eigenvalue weighted by Crippen LogP contribution is -2.30. The summed E-state index contributed by atoms with van der Waals surface area (Å²) in [5, 5.41) is 9.66. The third-order valence-corrected chi connectivity index (χ3v) is 4.70. The summed E-state index contributed by atoms with van der Waals surface area (Å²) in [6.07, 6.45) is -1.91. The number of hydrogen-bond donors (Lipinski definition) is 2. The second kappa shape index (κ2) is 5.07. The van der Waals surface area contributed by atoms with Crippen molar-refractivity contribution in [3.8, 4) is 5.75 Å². The fourth-order valence-electron chi connectivity index (χ4n) is 2.06. The van der Waals surface area contributed by atoms with Crippen LogP contribution in [0.1, 0.15) is 18.5 Å². The number of rotatable bonds is 3. The van der Waals surface area contributed by atoms with E-state index in [1.807, 2.05) is 0 Å². The van der Waals surface area contributed by atoms with Crippen molar-refractivity contribution in [1.29, 1.82) is 0 Å². The summed E-state index contributed by atoms with van der Waals surface area (Å²) < 4.78 is 41.4. The maximum absolute atomic E-state index is 13.2. The molecule has 2 unspecified atom stereocenters. The lowest BCUT2D eigenvalue weighted by atomic mass is 10.1. The number of sulfone groups is 1. The molecule has 0 bridgehead atoms. The van der Waals surface area contributed by atoms with Crippen molar-refractivity contribution in [2.45, 2.75) is 25.2 Å². The van der Waals surface area contributed by atoms with E-state index in [0.717, 1.165) is 0 Å². The molecule has 1 heterocycles. The fraction of sp³-hybridized carbons (Fsp3) is 0.500. The van der Waals surface area contributed by atoms with Crippen LogP contribution in [0.2, 0.25) is 0 Å². The van der Waals surface area contributed by atoms with Crippen molar-refractivity contribution >= 4 is 9.84 Å². The Labute approximate surface area is 111 Å².